The fraction of sp³-hybridized carbons (Fsp3) is 0.600. The van der Waals surface area contributed by atoms with E-state index in [1.54, 1.807) is 6.20 Å². The monoisotopic (exact) mass is 194 g/mol. The molecule has 0 spiro atoms. The van der Waals surface area contributed by atoms with Crippen molar-refractivity contribution < 1.29 is 9.90 Å². The lowest BCUT2D eigenvalue weighted by Gasteiger charge is -2.09. The number of hydrogen-bond donors (Lipinski definition) is 1. The first-order valence-corrected chi connectivity index (χ1v) is 4.87. The van der Waals surface area contributed by atoms with Gasteiger partial charge < -0.3 is 5.11 Å². The van der Waals surface area contributed by atoms with Gasteiger partial charge in [-0.15, -0.1) is 0 Å². The van der Waals surface area contributed by atoms with Gasteiger partial charge in [0.05, 0.1) is 5.92 Å². The molecule has 1 saturated carbocycles. The number of nitrogens with zero attached hydrogens (tertiary/aromatic N) is 2. The zero-order valence-corrected chi connectivity index (χ0v) is 8.34. The van der Waals surface area contributed by atoms with Gasteiger partial charge >= 0.3 is 5.97 Å². The van der Waals surface area contributed by atoms with Crippen LogP contribution in [0.3, 0.4) is 0 Å². The van der Waals surface area contributed by atoms with Gasteiger partial charge in [-0.2, -0.15) is 5.10 Å². The number of carboxylic acids is 1. The average Bonchev–Trinajstić information content (AvgIpc) is 2.75. The molecule has 0 aliphatic heterocycles. The number of aliphatic carboxylic acids is 1. The molecular weight excluding hydrogens is 180 g/mol. The van der Waals surface area contributed by atoms with Crippen LogP contribution in [0.5, 0.6) is 0 Å². The van der Waals surface area contributed by atoms with Crippen molar-refractivity contribution in [1.82, 2.24) is 9.78 Å². The Labute approximate surface area is 82.5 Å². The van der Waals surface area contributed by atoms with Crippen LogP contribution >= 0.6 is 0 Å². The van der Waals surface area contributed by atoms with Gasteiger partial charge in [-0.25, -0.2) is 0 Å². The van der Waals surface area contributed by atoms with Crippen molar-refractivity contribution in [2.75, 3.05) is 0 Å². The number of hydrogen-bond acceptors (Lipinski definition) is 2. The van der Waals surface area contributed by atoms with E-state index in [0.717, 1.165) is 12.1 Å². The van der Waals surface area contributed by atoms with Crippen molar-refractivity contribution in [2.24, 2.45) is 5.92 Å². The van der Waals surface area contributed by atoms with Crippen LogP contribution < -0.4 is 0 Å². The summed E-state index contributed by atoms with van der Waals surface area (Å²) in [5, 5.41) is 13.0. The topological polar surface area (TPSA) is 55.1 Å². The number of rotatable bonds is 3. The van der Waals surface area contributed by atoms with Gasteiger partial charge in [0.2, 0.25) is 0 Å². The fourth-order valence-electron chi connectivity index (χ4n) is 1.84. The summed E-state index contributed by atoms with van der Waals surface area (Å²) in [7, 11) is 0. The van der Waals surface area contributed by atoms with Crippen LogP contribution in [0.15, 0.2) is 12.3 Å². The molecule has 14 heavy (non-hydrogen) atoms. The molecule has 1 fully saturated rings. The second-order valence-corrected chi connectivity index (χ2v) is 4.08. The summed E-state index contributed by atoms with van der Waals surface area (Å²) < 4.78 is 1.91. The predicted molar refractivity (Wildman–Crippen MR) is 51.1 cm³/mol. The van der Waals surface area contributed by atoms with Gasteiger partial charge in [-0.1, -0.05) is 0 Å². The summed E-state index contributed by atoms with van der Waals surface area (Å²) in [5.41, 5.74) is 1.06. The fourth-order valence-corrected chi connectivity index (χ4v) is 1.84. The van der Waals surface area contributed by atoms with E-state index < -0.39 is 5.97 Å². The van der Waals surface area contributed by atoms with Crippen LogP contribution in [-0.2, 0) is 4.79 Å². The first-order chi connectivity index (χ1) is 6.61. The molecular formula is C10H14N2O2. The van der Waals surface area contributed by atoms with Crippen molar-refractivity contribution in [3.8, 4) is 0 Å². The van der Waals surface area contributed by atoms with Crippen LogP contribution in [0.25, 0.3) is 0 Å². The molecule has 4 heteroatoms. The van der Waals surface area contributed by atoms with Crippen LogP contribution in [0.4, 0.5) is 0 Å². The Hall–Kier alpha value is -1.32. The highest BCUT2D eigenvalue weighted by atomic mass is 16.4. The van der Waals surface area contributed by atoms with Gasteiger partial charge in [0.1, 0.15) is 0 Å². The molecule has 1 aromatic rings. The molecule has 1 aliphatic rings. The largest absolute Gasteiger partial charge is 0.481 e. The standard InChI is InChI=1S/C10H14N2O2/c1-6(2)12-9(3-4-11-12)7-5-8(7)10(13)14/h3-4,6-8H,5H2,1-2H3,(H,13,14)/t7-,8+/m0/s1. The summed E-state index contributed by atoms with van der Waals surface area (Å²) in [5.74, 6) is -0.701. The first kappa shape index (κ1) is 9.24. The third-order valence-corrected chi connectivity index (χ3v) is 2.68. The molecule has 2 rings (SSSR count). The van der Waals surface area contributed by atoms with E-state index in [2.05, 4.69) is 18.9 Å². The molecule has 0 radical (unpaired) electrons. The quantitative estimate of drug-likeness (QED) is 0.796. The molecule has 76 valence electrons. The molecule has 1 aliphatic carbocycles. The lowest BCUT2D eigenvalue weighted by molar-refractivity contribution is -0.138. The molecule has 1 heterocycles. The molecule has 1 N–H and O–H groups in total. The predicted octanol–water partition coefficient (Wildman–Crippen LogP) is 1.65. The Kier molecular flexibility index (Phi) is 2.06. The summed E-state index contributed by atoms with van der Waals surface area (Å²) in [4.78, 5) is 10.7. The van der Waals surface area contributed by atoms with Crippen molar-refractivity contribution in [3.05, 3.63) is 18.0 Å². The minimum absolute atomic E-state index is 0.178. The molecule has 0 bridgehead atoms. The smallest absolute Gasteiger partial charge is 0.307 e. The van der Waals surface area contributed by atoms with Crippen LogP contribution in [0, 0.1) is 5.92 Å². The third-order valence-electron chi connectivity index (χ3n) is 2.68. The lowest BCUT2D eigenvalue weighted by atomic mass is 10.2. The Morgan fingerprint density at radius 2 is 2.43 bits per heavy atom. The van der Waals surface area contributed by atoms with Crippen LogP contribution in [0.1, 0.15) is 37.9 Å². The van der Waals surface area contributed by atoms with E-state index in [0.29, 0.717) is 6.04 Å². The molecule has 0 aromatic carbocycles. The van der Waals surface area contributed by atoms with Crippen LogP contribution in [0.2, 0.25) is 0 Å². The van der Waals surface area contributed by atoms with Gasteiger partial charge in [-0.05, 0) is 26.3 Å². The van der Waals surface area contributed by atoms with Crippen LogP contribution in [-0.4, -0.2) is 20.9 Å². The number of carboxylic acid groups (broad SMARTS) is 1. The molecule has 4 nitrogen and oxygen atoms in total. The normalized spacial score (nSPS) is 25.4. The SMILES string of the molecule is CC(C)n1nccc1[C@H]1C[C@H]1C(=O)O. The second-order valence-electron chi connectivity index (χ2n) is 4.08. The van der Waals surface area contributed by atoms with Crippen molar-refractivity contribution in [1.29, 1.82) is 0 Å². The highest BCUT2D eigenvalue weighted by Gasteiger charge is 2.46. The average molecular weight is 194 g/mol. The number of aromatic nitrogens is 2. The highest BCUT2D eigenvalue weighted by Crippen LogP contribution is 2.47. The molecule has 1 aromatic heterocycles. The van der Waals surface area contributed by atoms with E-state index in [1.165, 1.54) is 0 Å². The van der Waals surface area contributed by atoms with Crippen molar-refractivity contribution >= 4 is 5.97 Å². The maximum atomic E-state index is 10.7. The molecule has 0 unspecified atom stereocenters. The van der Waals surface area contributed by atoms with Gasteiger partial charge in [-0.3, -0.25) is 9.48 Å². The zero-order valence-electron chi connectivity index (χ0n) is 8.34. The van der Waals surface area contributed by atoms with E-state index in [9.17, 15) is 4.79 Å². The van der Waals surface area contributed by atoms with Gasteiger partial charge in [0, 0.05) is 23.9 Å². The molecule has 2 atom stereocenters. The Morgan fingerprint density at radius 3 is 2.93 bits per heavy atom. The Morgan fingerprint density at radius 1 is 1.71 bits per heavy atom. The minimum atomic E-state index is -0.688. The third kappa shape index (κ3) is 1.41. The summed E-state index contributed by atoms with van der Waals surface area (Å²) >= 11 is 0. The zero-order chi connectivity index (χ0) is 10.3. The summed E-state index contributed by atoms with van der Waals surface area (Å²) in [6.45, 7) is 4.10. The van der Waals surface area contributed by atoms with Gasteiger partial charge in [0.15, 0.2) is 0 Å². The van der Waals surface area contributed by atoms with Crippen molar-refractivity contribution in [2.45, 2.75) is 32.2 Å². The Balaban J connectivity index is 2.19. The molecule has 0 amide bonds. The second kappa shape index (κ2) is 3.12. The number of carbonyl (C=O) groups is 1. The summed E-state index contributed by atoms with van der Waals surface area (Å²) in [6.07, 6.45) is 2.50. The maximum absolute atomic E-state index is 10.7. The summed E-state index contributed by atoms with van der Waals surface area (Å²) in [6, 6.07) is 2.23. The highest BCUT2D eigenvalue weighted by molar-refractivity contribution is 5.75. The Bertz CT molecular complexity index is 357. The maximum Gasteiger partial charge on any atom is 0.307 e. The minimum Gasteiger partial charge on any atom is -0.481 e. The van der Waals surface area contributed by atoms with E-state index >= 15 is 0 Å². The molecule has 0 saturated heterocycles. The first-order valence-electron chi connectivity index (χ1n) is 4.87. The van der Waals surface area contributed by atoms with E-state index in [1.807, 2.05) is 10.7 Å². The van der Waals surface area contributed by atoms with E-state index in [4.69, 9.17) is 5.11 Å². The van der Waals surface area contributed by atoms with E-state index in [-0.39, 0.29) is 11.8 Å². The van der Waals surface area contributed by atoms with Gasteiger partial charge in [0.25, 0.3) is 0 Å². The van der Waals surface area contributed by atoms with Crippen molar-refractivity contribution in [3.63, 3.8) is 0 Å². The lowest BCUT2D eigenvalue weighted by Crippen LogP contribution is -2.08.